The van der Waals surface area contributed by atoms with Crippen molar-refractivity contribution in [1.29, 1.82) is 0 Å². The van der Waals surface area contributed by atoms with Crippen LogP contribution in [0.3, 0.4) is 0 Å². The molecule has 0 spiro atoms. The fourth-order valence-electron chi connectivity index (χ4n) is 4.00. The maximum Gasteiger partial charge on any atom is 0.332 e. The Morgan fingerprint density at radius 3 is 2.63 bits per heavy atom. The predicted molar refractivity (Wildman–Crippen MR) is 108 cm³/mol. The largest absolute Gasteiger partial charge is 0.383 e. The predicted octanol–water partition coefficient (Wildman–Crippen LogP) is 1.19. The summed E-state index contributed by atoms with van der Waals surface area (Å²) in [5.74, 6) is 0.497. The van der Waals surface area contributed by atoms with Crippen LogP contribution in [0.2, 0.25) is 0 Å². The van der Waals surface area contributed by atoms with Gasteiger partial charge in [-0.15, -0.1) is 0 Å². The third-order valence-electron chi connectivity index (χ3n) is 5.67. The molecule has 1 amide bonds. The fraction of sp³-hybridized carbons (Fsp3) is 0.737. The normalized spacial score (nSPS) is 23.3. The lowest BCUT2D eigenvalue weighted by Crippen LogP contribution is -2.42. The lowest BCUT2D eigenvalue weighted by atomic mass is 9.74. The average Bonchev–Trinajstić information content (AvgIpc) is 2.61. The second-order valence-corrected chi connectivity index (χ2v) is 8.32. The Kier molecular flexibility index (Phi) is 6.73. The maximum absolute atomic E-state index is 12.3. The molecule has 4 N–H and O–H groups in total. The van der Waals surface area contributed by atoms with Crippen LogP contribution in [0.1, 0.15) is 52.4 Å². The molecule has 0 bridgehead atoms. The van der Waals surface area contributed by atoms with Crippen LogP contribution in [0.4, 0.5) is 11.5 Å². The van der Waals surface area contributed by atoms with E-state index in [1.807, 2.05) is 0 Å². The molecular formula is C19H33N5O3. The number of nitrogen functional groups attached to an aromatic ring is 1. The molecule has 0 saturated heterocycles. The molecule has 2 atom stereocenters. The third kappa shape index (κ3) is 5.14. The first-order valence-corrected chi connectivity index (χ1v) is 9.71. The monoisotopic (exact) mass is 379 g/mol. The number of nitrogens with one attached hydrogen (secondary N) is 2. The molecule has 152 valence electrons. The number of hydrogen-bond donors (Lipinski definition) is 3. The highest BCUT2D eigenvalue weighted by atomic mass is 16.2. The molecule has 0 radical (unpaired) electrons. The minimum absolute atomic E-state index is 0.0247. The summed E-state index contributed by atoms with van der Waals surface area (Å²) in [6.45, 7) is 5.08. The topological polar surface area (TPSA) is 111 Å². The van der Waals surface area contributed by atoms with E-state index in [0.717, 1.165) is 17.4 Å². The second-order valence-electron chi connectivity index (χ2n) is 8.32. The first kappa shape index (κ1) is 21.1. The molecule has 8 heteroatoms. The van der Waals surface area contributed by atoms with E-state index >= 15 is 0 Å². The molecule has 1 aromatic rings. The van der Waals surface area contributed by atoms with Gasteiger partial charge in [0.15, 0.2) is 0 Å². The van der Waals surface area contributed by atoms with E-state index in [4.69, 9.17) is 5.73 Å². The molecular weight excluding hydrogens is 346 g/mol. The van der Waals surface area contributed by atoms with Gasteiger partial charge in [-0.3, -0.25) is 18.7 Å². The van der Waals surface area contributed by atoms with E-state index in [1.165, 1.54) is 44.3 Å². The smallest absolute Gasteiger partial charge is 0.332 e. The summed E-state index contributed by atoms with van der Waals surface area (Å²) >= 11 is 0. The first-order valence-electron chi connectivity index (χ1n) is 9.71. The number of anilines is 2. The standard InChI is InChI=1S/C19H33N5O3/c1-13-8-6-5-7-9-19(2,10-13)12-22-14(25)11-21-15-16(20)23(3)18(27)24(4)17(15)26/h13,21H,5-12,20H2,1-4H3,(H,22,25). The maximum atomic E-state index is 12.3. The number of rotatable bonds is 5. The van der Waals surface area contributed by atoms with Crippen molar-refractivity contribution in [2.24, 2.45) is 25.4 Å². The van der Waals surface area contributed by atoms with Crippen molar-refractivity contribution in [3.05, 3.63) is 20.8 Å². The summed E-state index contributed by atoms with van der Waals surface area (Å²) in [5, 5.41) is 5.78. The van der Waals surface area contributed by atoms with E-state index in [1.54, 1.807) is 0 Å². The zero-order valence-electron chi connectivity index (χ0n) is 16.9. The number of hydrogen-bond acceptors (Lipinski definition) is 5. The second kappa shape index (κ2) is 8.63. The van der Waals surface area contributed by atoms with E-state index < -0.39 is 11.2 Å². The number of carbonyl (C=O) groups is 1. The lowest BCUT2D eigenvalue weighted by Gasteiger charge is -2.34. The van der Waals surface area contributed by atoms with Crippen molar-refractivity contribution >= 4 is 17.4 Å². The summed E-state index contributed by atoms with van der Waals surface area (Å²) in [6.07, 6.45) is 7.21. The van der Waals surface area contributed by atoms with Gasteiger partial charge in [-0.2, -0.15) is 0 Å². The van der Waals surface area contributed by atoms with Gasteiger partial charge in [0.1, 0.15) is 11.5 Å². The van der Waals surface area contributed by atoms with E-state index in [2.05, 4.69) is 24.5 Å². The molecule has 1 saturated carbocycles. The number of carbonyl (C=O) groups excluding carboxylic acids is 1. The van der Waals surface area contributed by atoms with E-state index in [9.17, 15) is 14.4 Å². The minimum atomic E-state index is -0.538. The Morgan fingerprint density at radius 2 is 1.93 bits per heavy atom. The van der Waals surface area contributed by atoms with Crippen LogP contribution in [0.5, 0.6) is 0 Å². The van der Waals surface area contributed by atoms with Crippen molar-refractivity contribution in [1.82, 2.24) is 14.5 Å². The Morgan fingerprint density at radius 1 is 1.22 bits per heavy atom. The van der Waals surface area contributed by atoms with Gasteiger partial charge < -0.3 is 16.4 Å². The lowest BCUT2D eigenvalue weighted by molar-refractivity contribution is -0.120. The van der Waals surface area contributed by atoms with Crippen molar-refractivity contribution in [3.63, 3.8) is 0 Å². The van der Waals surface area contributed by atoms with Crippen LogP contribution >= 0.6 is 0 Å². The zero-order valence-corrected chi connectivity index (χ0v) is 16.9. The highest BCUT2D eigenvalue weighted by Crippen LogP contribution is 2.35. The molecule has 2 unspecified atom stereocenters. The fourth-order valence-corrected chi connectivity index (χ4v) is 4.00. The SMILES string of the molecule is CC1CCCCCC(C)(CNC(=O)CNc2c(N)n(C)c(=O)n(C)c2=O)C1. The molecule has 1 heterocycles. The zero-order chi connectivity index (χ0) is 20.2. The summed E-state index contributed by atoms with van der Waals surface area (Å²) in [7, 11) is 2.87. The summed E-state index contributed by atoms with van der Waals surface area (Å²) in [6, 6.07) is 0. The Balaban J connectivity index is 1.97. The molecule has 0 aliphatic heterocycles. The summed E-state index contributed by atoms with van der Waals surface area (Å²) in [5.41, 5.74) is 4.98. The Hall–Kier alpha value is -2.25. The molecule has 2 rings (SSSR count). The van der Waals surface area contributed by atoms with Gasteiger partial charge in [0.2, 0.25) is 5.91 Å². The van der Waals surface area contributed by atoms with E-state index in [-0.39, 0.29) is 29.4 Å². The van der Waals surface area contributed by atoms with Gasteiger partial charge in [0.25, 0.3) is 5.56 Å². The third-order valence-corrected chi connectivity index (χ3v) is 5.67. The van der Waals surface area contributed by atoms with Crippen LogP contribution < -0.4 is 27.6 Å². The minimum Gasteiger partial charge on any atom is -0.383 e. The van der Waals surface area contributed by atoms with Gasteiger partial charge in [0.05, 0.1) is 6.54 Å². The number of aromatic nitrogens is 2. The number of nitrogens with two attached hydrogens (primary N) is 1. The molecule has 1 aliphatic rings. The van der Waals surface area contributed by atoms with Gasteiger partial charge in [0, 0.05) is 20.6 Å². The summed E-state index contributed by atoms with van der Waals surface area (Å²) in [4.78, 5) is 36.3. The highest BCUT2D eigenvalue weighted by molar-refractivity contribution is 5.81. The van der Waals surface area contributed by atoms with Crippen LogP contribution in [-0.2, 0) is 18.9 Å². The number of amides is 1. The highest BCUT2D eigenvalue weighted by Gasteiger charge is 2.28. The molecule has 27 heavy (non-hydrogen) atoms. The van der Waals surface area contributed by atoms with Crippen LogP contribution in [0.15, 0.2) is 9.59 Å². The van der Waals surface area contributed by atoms with Gasteiger partial charge in [-0.25, -0.2) is 4.79 Å². The molecule has 1 aromatic heterocycles. The molecule has 0 aromatic carbocycles. The Labute approximate surface area is 160 Å². The van der Waals surface area contributed by atoms with Gasteiger partial charge >= 0.3 is 5.69 Å². The van der Waals surface area contributed by atoms with Crippen molar-refractivity contribution in [2.45, 2.75) is 52.4 Å². The first-order chi connectivity index (χ1) is 12.6. The van der Waals surface area contributed by atoms with Crippen LogP contribution in [-0.4, -0.2) is 28.1 Å². The molecule has 1 aliphatic carbocycles. The van der Waals surface area contributed by atoms with Gasteiger partial charge in [-0.1, -0.05) is 39.5 Å². The molecule has 8 nitrogen and oxygen atoms in total. The van der Waals surface area contributed by atoms with Crippen molar-refractivity contribution in [2.75, 3.05) is 24.1 Å². The van der Waals surface area contributed by atoms with Gasteiger partial charge in [-0.05, 0) is 24.2 Å². The van der Waals surface area contributed by atoms with Crippen LogP contribution in [0.25, 0.3) is 0 Å². The summed E-state index contributed by atoms with van der Waals surface area (Å²) < 4.78 is 2.14. The van der Waals surface area contributed by atoms with Crippen LogP contribution in [0, 0.1) is 11.3 Å². The number of nitrogens with zero attached hydrogens (tertiary/aromatic N) is 2. The quantitative estimate of drug-likeness (QED) is 0.712. The van der Waals surface area contributed by atoms with Crippen molar-refractivity contribution < 1.29 is 4.79 Å². The van der Waals surface area contributed by atoms with E-state index in [0.29, 0.717) is 12.5 Å². The van der Waals surface area contributed by atoms with Crippen molar-refractivity contribution in [3.8, 4) is 0 Å². The Bertz CT molecular complexity index is 798. The molecule has 1 fully saturated rings. The average molecular weight is 380 g/mol.